The molecule has 0 saturated heterocycles. The van der Waals surface area contributed by atoms with E-state index in [1.807, 2.05) is 23.6 Å². The maximum absolute atomic E-state index is 12.1. The van der Waals surface area contributed by atoms with Gasteiger partial charge in [-0.25, -0.2) is 4.98 Å². The number of nitrogens with zero attached hydrogens (tertiary/aromatic N) is 1. The zero-order valence-electron chi connectivity index (χ0n) is 13.0. The van der Waals surface area contributed by atoms with Gasteiger partial charge < -0.3 is 9.72 Å². The largest absolute Gasteiger partial charge is 0.454 e. The number of rotatable bonds is 6. The van der Waals surface area contributed by atoms with Gasteiger partial charge in [0.15, 0.2) is 11.9 Å². The van der Waals surface area contributed by atoms with E-state index < -0.39 is 6.10 Å². The second kappa shape index (κ2) is 7.63. The first-order valence-corrected chi connectivity index (χ1v) is 9.45. The Labute approximate surface area is 147 Å². The lowest BCUT2D eigenvalue weighted by Crippen LogP contribution is -2.18. The van der Waals surface area contributed by atoms with Crippen LogP contribution in [0.25, 0.3) is 10.9 Å². The van der Waals surface area contributed by atoms with Crippen molar-refractivity contribution in [2.24, 2.45) is 0 Å². The molecule has 124 valence electrons. The molecule has 0 aliphatic rings. The summed E-state index contributed by atoms with van der Waals surface area (Å²) in [6.45, 7) is 1.70. The Morgan fingerprint density at radius 1 is 1.33 bits per heavy atom. The fourth-order valence-corrected chi connectivity index (χ4v) is 3.86. The third-order valence-corrected chi connectivity index (χ3v) is 5.38. The zero-order chi connectivity index (χ0) is 16.9. The van der Waals surface area contributed by atoms with Crippen LogP contribution in [0.15, 0.2) is 46.6 Å². The molecule has 0 amide bonds. The number of nitrogens with one attached hydrogen (secondary N) is 1. The van der Waals surface area contributed by atoms with E-state index >= 15 is 0 Å². The lowest BCUT2D eigenvalue weighted by molar-refractivity contribution is -0.145. The minimum Gasteiger partial charge on any atom is -0.454 e. The molecule has 24 heavy (non-hydrogen) atoms. The molecule has 0 bridgehead atoms. The number of hydrogen-bond donors (Lipinski definition) is 1. The molecule has 3 rings (SSSR count). The highest BCUT2D eigenvalue weighted by molar-refractivity contribution is 7.99. The molecule has 7 heteroatoms. The van der Waals surface area contributed by atoms with Crippen LogP contribution in [0.1, 0.15) is 23.7 Å². The van der Waals surface area contributed by atoms with Gasteiger partial charge in [0, 0.05) is 10.6 Å². The zero-order valence-corrected chi connectivity index (χ0v) is 14.7. The molecule has 0 saturated carbocycles. The molecule has 1 N–H and O–H groups in total. The molecule has 0 aliphatic carbocycles. The third-order valence-electron chi connectivity index (χ3n) is 3.37. The van der Waals surface area contributed by atoms with Gasteiger partial charge in [-0.3, -0.25) is 9.59 Å². The van der Waals surface area contributed by atoms with Gasteiger partial charge in [-0.2, -0.15) is 0 Å². The predicted molar refractivity (Wildman–Crippen MR) is 97.4 cm³/mol. The number of fused-ring (bicyclic) bond motifs is 1. The Balaban J connectivity index is 1.60. The van der Waals surface area contributed by atoms with Gasteiger partial charge in [-0.1, -0.05) is 18.2 Å². The summed E-state index contributed by atoms with van der Waals surface area (Å²) in [5, 5.41) is 2.53. The van der Waals surface area contributed by atoms with E-state index in [1.54, 1.807) is 36.5 Å². The number of thiophene rings is 1. The topological polar surface area (TPSA) is 72.0 Å². The van der Waals surface area contributed by atoms with Gasteiger partial charge in [0.05, 0.1) is 16.7 Å². The van der Waals surface area contributed by atoms with Crippen molar-refractivity contribution in [3.63, 3.8) is 0 Å². The summed E-state index contributed by atoms with van der Waals surface area (Å²) in [6.07, 6.45) is -0.600. The molecule has 1 atom stereocenters. The van der Waals surface area contributed by atoms with Crippen LogP contribution in [0.4, 0.5) is 0 Å². The number of esters is 1. The number of thioether (sulfide) groups is 1. The van der Waals surface area contributed by atoms with Crippen LogP contribution in [0.5, 0.6) is 0 Å². The molecule has 1 aromatic carbocycles. The average molecular weight is 360 g/mol. The summed E-state index contributed by atoms with van der Waals surface area (Å²) in [7, 11) is 0. The number of aromatic nitrogens is 2. The second-order valence-corrected chi connectivity index (χ2v) is 7.19. The monoisotopic (exact) mass is 360 g/mol. The van der Waals surface area contributed by atoms with E-state index in [9.17, 15) is 9.59 Å². The number of ether oxygens (including phenoxy) is 1. The Kier molecular flexibility index (Phi) is 5.32. The number of para-hydroxylation sites is 1. The van der Waals surface area contributed by atoms with E-state index in [4.69, 9.17) is 4.74 Å². The van der Waals surface area contributed by atoms with Crippen LogP contribution in [-0.4, -0.2) is 21.7 Å². The summed E-state index contributed by atoms with van der Waals surface area (Å²) in [5.41, 5.74) is 0.358. The Bertz CT molecular complexity index is 890. The molecule has 0 unspecified atom stereocenters. The number of carbonyl (C=O) groups is 1. The number of carbonyl (C=O) groups excluding carboxylic acids is 1. The van der Waals surface area contributed by atoms with Crippen molar-refractivity contribution in [1.29, 1.82) is 0 Å². The van der Waals surface area contributed by atoms with Crippen molar-refractivity contribution in [3.05, 3.63) is 62.8 Å². The van der Waals surface area contributed by atoms with Crippen LogP contribution in [0.3, 0.4) is 0 Å². The average Bonchev–Trinajstić information content (AvgIpc) is 3.08. The fourth-order valence-electron chi connectivity index (χ4n) is 2.21. The van der Waals surface area contributed by atoms with Crippen LogP contribution in [0, 0.1) is 0 Å². The normalized spacial score (nSPS) is 12.2. The molecule has 0 fully saturated rings. The van der Waals surface area contributed by atoms with Crippen molar-refractivity contribution in [3.8, 4) is 0 Å². The van der Waals surface area contributed by atoms with E-state index in [0.29, 0.717) is 16.7 Å². The minimum absolute atomic E-state index is 0.231. The number of H-pyrrole nitrogens is 1. The summed E-state index contributed by atoms with van der Waals surface area (Å²) in [6, 6.07) is 11.1. The number of aromatic amines is 1. The highest BCUT2D eigenvalue weighted by Gasteiger charge is 2.15. The first-order valence-electron chi connectivity index (χ1n) is 7.42. The Hall–Kier alpha value is -2.12. The van der Waals surface area contributed by atoms with Crippen LogP contribution in [-0.2, 0) is 15.3 Å². The molecule has 0 radical (unpaired) electrons. The molecule has 2 aromatic heterocycles. The van der Waals surface area contributed by atoms with Crippen molar-refractivity contribution >= 4 is 40.0 Å². The van der Waals surface area contributed by atoms with E-state index in [2.05, 4.69) is 9.97 Å². The van der Waals surface area contributed by atoms with Gasteiger partial charge >= 0.3 is 5.97 Å². The van der Waals surface area contributed by atoms with Gasteiger partial charge in [0.2, 0.25) is 0 Å². The van der Waals surface area contributed by atoms with Crippen molar-refractivity contribution in [1.82, 2.24) is 9.97 Å². The fraction of sp³-hybridized carbons (Fsp3) is 0.235. The number of benzene rings is 1. The van der Waals surface area contributed by atoms with Crippen LogP contribution < -0.4 is 5.56 Å². The van der Waals surface area contributed by atoms with Gasteiger partial charge in [0.1, 0.15) is 0 Å². The molecular formula is C17H16N2O3S2. The smallest absolute Gasteiger partial charge is 0.316 e. The van der Waals surface area contributed by atoms with Gasteiger partial charge in [-0.05, 0) is 30.5 Å². The van der Waals surface area contributed by atoms with Crippen molar-refractivity contribution in [2.45, 2.75) is 18.8 Å². The molecule has 3 aromatic rings. The van der Waals surface area contributed by atoms with Gasteiger partial charge in [0.25, 0.3) is 5.56 Å². The maximum Gasteiger partial charge on any atom is 0.316 e. The molecule has 0 aliphatic heterocycles. The standard InChI is InChI=1S/C17H16N2O3S2/c1-11(22-15(20)10-23-9-12-5-4-8-24-12)16-18-14-7-3-2-6-13(14)17(21)19-16/h2-8,11H,9-10H2,1H3,(H,18,19,21)/t11-/m1/s1. The van der Waals surface area contributed by atoms with Gasteiger partial charge in [-0.15, -0.1) is 23.1 Å². The molecule has 5 nitrogen and oxygen atoms in total. The highest BCUT2D eigenvalue weighted by Crippen LogP contribution is 2.19. The quantitative estimate of drug-likeness (QED) is 0.681. The second-order valence-electron chi connectivity index (χ2n) is 5.17. The predicted octanol–water partition coefficient (Wildman–Crippen LogP) is 3.52. The Morgan fingerprint density at radius 2 is 2.17 bits per heavy atom. The summed E-state index contributed by atoms with van der Waals surface area (Å²) < 4.78 is 5.37. The first-order chi connectivity index (χ1) is 11.6. The van der Waals surface area contributed by atoms with Crippen molar-refractivity contribution in [2.75, 3.05) is 5.75 Å². The third kappa shape index (κ3) is 4.04. The maximum atomic E-state index is 12.1. The summed E-state index contributed by atoms with van der Waals surface area (Å²) in [5.74, 6) is 1.09. The SMILES string of the molecule is C[C@@H](OC(=O)CSCc1cccs1)c1nc2ccccc2c(=O)[nH]1. The lowest BCUT2D eigenvalue weighted by atomic mass is 10.2. The molecule has 0 spiro atoms. The van der Waals surface area contributed by atoms with E-state index in [0.717, 1.165) is 5.75 Å². The Morgan fingerprint density at radius 3 is 2.96 bits per heavy atom. The van der Waals surface area contributed by atoms with Crippen LogP contribution in [0.2, 0.25) is 0 Å². The molecule has 2 heterocycles. The number of hydrogen-bond acceptors (Lipinski definition) is 6. The van der Waals surface area contributed by atoms with E-state index in [1.165, 1.54) is 16.6 Å². The van der Waals surface area contributed by atoms with E-state index in [-0.39, 0.29) is 17.3 Å². The molecular weight excluding hydrogens is 344 g/mol. The first kappa shape index (κ1) is 16.7. The minimum atomic E-state index is -0.600. The summed E-state index contributed by atoms with van der Waals surface area (Å²) >= 11 is 3.17. The highest BCUT2D eigenvalue weighted by atomic mass is 32.2. The lowest BCUT2D eigenvalue weighted by Gasteiger charge is -2.12. The van der Waals surface area contributed by atoms with Crippen molar-refractivity contribution < 1.29 is 9.53 Å². The van der Waals surface area contributed by atoms with Crippen LogP contribution >= 0.6 is 23.1 Å². The summed E-state index contributed by atoms with van der Waals surface area (Å²) in [4.78, 5) is 32.3.